The van der Waals surface area contributed by atoms with Crippen molar-refractivity contribution < 1.29 is 32.9 Å². The largest absolute Gasteiger partial charge is 0.497 e. The van der Waals surface area contributed by atoms with Crippen LogP contribution < -0.4 is 10.1 Å². The summed E-state index contributed by atoms with van der Waals surface area (Å²) >= 11 is 0. The summed E-state index contributed by atoms with van der Waals surface area (Å²) in [7, 11) is 1.58. The Morgan fingerprint density at radius 3 is 2.51 bits per heavy atom. The number of hydrogen-bond acceptors (Lipinski definition) is 6. The number of benzene rings is 2. The van der Waals surface area contributed by atoms with Crippen molar-refractivity contribution in [3.63, 3.8) is 0 Å². The van der Waals surface area contributed by atoms with E-state index in [2.05, 4.69) is 15.2 Å². The summed E-state index contributed by atoms with van der Waals surface area (Å²) in [4.78, 5) is 18.4. The Bertz CT molecular complexity index is 1310. The van der Waals surface area contributed by atoms with Crippen LogP contribution in [0.5, 0.6) is 5.75 Å². The van der Waals surface area contributed by atoms with E-state index in [0.29, 0.717) is 57.6 Å². The van der Waals surface area contributed by atoms with Crippen LogP contribution >= 0.6 is 0 Å². The lowest BCUT2D eigenvalue weighted by molar-refractivity contribution is -0.141. The fraction of sp³-hybridized carbons (Fsp3) is 0.448. The molecule has 0 amide bonds. The summed E-state index contributed by atoms with van der Waals surface area (Å²) < 4.78 is 45.4. The zero-order valence-corrected chi connectivity index (χ0v) is 22.1. The highest BCUT2D eigenvalue weighted by Crippen LogP contribution is 2.42. The normalized spacial score (nSPS) is 16.3. The molecule has 7 nitrogen and oxygen atoms in total. The van der Waals surface area contributed by atoms with E-state index >= 15 is 0 Å². The maximum Gasteiger partial charge on any atom is 0.303 e. The molecule has 2 heterocycles. The number of likely N-dealkylation sites (tertiary alicyclic amines) is 1. The second-order valence-electron chi connectivity index (χ2n) is 10.4. The number of rotatable bonds is 11. The Morgan fingerprint density at radius 2 is 1.87 bits per heavy atom. The first-order chi connectivity index (χ1) is 18.6. The Labute approximate surface area is 225 Å². The third-order valence-electron chi connectivity index (χ3n) is 7.78. The summed E-state index contributed by atoms with van der Waals surface area (Å²) in [6, 6.07) is 7.37. The summed E-state index contributed by atoms with van der Waals surface area (Å²) in [5.41, 5.74) is 2.10. The van der Waals surface area contributed by atoms with Crippen LogP contribution in [-0.2, 0) is 4.79 Å². The minimum Gasteiger partial charge on any atom is -0.497 e. The first kappa shape index (κ1) is 28.6. The summed E-state index contributed by atoms with van der Waals surface area (Å²) in [5.74, 6) is -4.18. The van der Waals surface area contributed by atoms with E-state index in [4.69, 9.17) is 4.74 Å². The van der Waals surface area contributed by atoms with Crippen LogP contribution in [0.4, 0.5) is 18.9 Å². The van der Waals surface area contributed by atoms with E-state index in [-0.39, 0.29) is 12.1 Å². The van der Waals surface area contributed by atoms with Crippen LogP contribution in [0.2, 0.25) is 0 Å². The van der Waals surface area contributed by atoms with E-state index in [1.54, 1.807) is 13.3 Å². The summed E-state index contributed by atoms with van der Waals surface area (Å²) in [6.07, 6.45) is 3.23. The predicted molar refractivity (Wildman–Crippen MR) is 142 cm³/mol. The second-order valence-corrected chi connectivity index (χ2v) is 10.4. The molecule has 1 aliphatic heterocycles. The average molecular weight is 546 g/mol. The first-order valence-corrected chi connectivity index (χ1v) is 13.0. The van der Waals surface area contributed by atoms with Gasteiger partial charge in [-0.2, -0.15) is 0 Å². The van der Waals surface area contributed by atoms with Gasteiger partial charge in [0.2, 0.25) is 0 Å². The Balaban J connectivity index is 1.38. The van der Waals surface area contributed by atoms with Crippen molar-refractivity contribution in [3.8, 4) is 5.75 Å². The lowest BCUT2D eigenvalue weighted by Crippen LogP contribution is -2.43. The van der Waals surface area contributed by atoms with Crippen LogP contribution in [0.25, 0.3) is 10.9 Å². The number of methoxy groups -OCH3 is 1. The van der Waals surface area contributed by atoms with Gasteiger partial charge in [-0.25, -0.2) is 13.2 Å². The van der Waals surface area contributed by atoms with Gasteiger partial charge in [0.05, 0.1) is 25.2 Å². The summed E-state index contributed by atoms with van der Waals surface area (Å²) in [6.45, 7) is 4.19. The van der Waals surface area contributed by atoms with E-state index in [1.165, 1.54) is 0 Å². The second kappa shape index (κ2) is 12.2. The number of carboxylic acid groups (broad SMARTS) is 1. The number of fused-ring (bicyclic) bond motifs is 1. The zero-order valence-electron chi connectivity index (χ0n) is 22.1. The highest BCUT2D eigenvalue weighted by atomic mass is 19.2. The number of carbonyl (C=O) groups is 1. The lowest BCUT2D eigenvalue weighted by atomic mass is 9.71. The standard InChI is InChI=1S/C29H34F3N3O4/c1-18-17-34-24-4-3-20(39-2)15-21(24)27(18)25(36)5-6-29(16-26(37)38)7-10-35(11-8-29)12-9-33-19-13-22(30)28(32)23(31)14-19/h3-4,13-15,17,25,33,36H,5-12,16H2,1-2H3,(H,37,38)/t25-/m0/s1. The van der Waals surface area contributed by atoms with Crippen LogP contribution in [0.15, 0.2) is 36.5 Å². The number of hydrogen-bond donors (Lipinski definition) is 3. The van der Waals surface area contributed by atoms with E-state index in [0.717, 1.165) is 34.2 Å². The number of aliphatic hydroxyl groups is 1. The number of aryl methyl sites for hydroxylation is 1. The molecule has 2 aromatic carbocycles. The maximum absolute atomic E-state index is 13.4. The molecule has 0 bridgehead atoms. The molecule has 4 rings (SSSR count). The number of nitrogens with one attached hydrogen (secondary N) is 1. The van der Waals surface area contributed by atoms with Gasteiger partial charge in [0, 0.05) is 42.5 Å². The third kappa shape index (κ3) is 6.80. The van der Waals surface area contributed by atoms with Gasteiger partial charge >= 0.3 is 5.97 Å². The lowest BCUT2D eigenvalue weighted by Gasteiger charge is -2.41. The van der Waals surface area contributed by atoms with Gasteiger partial charge in [-0.15, -0.1) is 0 Å². The molecule has 1 aromatic heterocycles. The quantitative estimate of drug-likeness (QED) is 0.276. The molecule has 0 radical (unpaired) electrons. The Hall–Kier alpha value is -3.37. The predicted octanol–water partition coefficient (Wildman–Crippen LogP) is 5.45. The van der Waals surface area contributed by atoms with Crippen LogP contribution in [0.3, 0.4) is 0 Å². The molecule has 0 unspecified atom stereocenters. The average Bonchev–Trinajstić information content (AvgIpc) is 2.90. The molecule has 210 valence electrons. The monoisotopic (exact) mass is 545 g/mol. The highest BCUT2D eigenvalue weighted by molar-refractivity contribution is 5.84. The Morgan fingerprint density at radius 1 is 1.18 bits per heavy atom. The van der Waals surface area contributed by atoms with E-state index < -0.39 is 34.9 Å². The van der Waals surface area contributed by atoms with Crippen molar-refractivity contribution in [1.29, 1.82) is 0 Å². The van der Waals surface area contributed by atoms with E-state index in [9.17, 15) is 28.2 Å². The highest BCUT2D eigenvalue weighted by Gasteiger charge is 2.37. The number of ether oxygens (including phenoxy) is 1. The van der Waals surface area contributed by atoms with Gasteiger partial charge in [0.1, 0.15) is 5.75 Å². The van der Waals surface area contributed by atoms with Crippen molar-refractivity contribution in [2.45, 2.75) is 45.1 Å². The molecular weight excluding hydrogens is 511 g/mol. The van der Waals surface area contributed by atoms with Gasteiger partial charge < -0.3 is 25.2 Å². The molecule has 0 saturated carbocycles. The molecule has 0 spiro atoms. The molecule has 1 saturated heterocycles. The number of piperidine rings is 1. The number of aromatic nitrogens is 1. The van der Waals surface area contributed by atoms with Crippen LogP contribution in [0.1, 0.15) is 49.3 Å². The number of nitrogens with zero attached hydrogens (tertiary/aromatic N) is 2. The number of pyridine rings is 1. The van der Waals surface area contributed by atoms with Gasteiger partial charge in [-0.05, 0) is 80.4 Å². The number of aliphatic hydroxyl groups excluding tert-OH is 1. The van der Waals surface area contributed by atoms with Gasteiger partial charge in [0.25, 0.3) is 0 Å². The van der Waals surface area contributed by atoms with Crippen LogP contribution in [0, 0.1) is 29.8 Å². The smallest absolute Gasteiger partial charge is 0.303 e. The zero-order chi connectivity index (χ0) is 28.2. The topological polar surface area (TPSA) is 94.9 Å². The first-order valence-electron chi connectivity index (χ1n) is 13.0. The molecule has 0 aliphatic carbocycles. The SMILES string of the molecule is COc1ccc2ncc(C)c([C@@H](O)CCC3(CC(=O)O)CCN(CCNc4cc(F)c(F)c(F)c4)CC3)c2c1. The molecule has 1 fully saturated rings. The molecule has 1 aliphatic rings. The van der Waals surface area contributed by atoms with Crippen molar-refractivity contribution in [1.82, 2.24) is 9.88 Å². The fourth-order valence-corrected chi connectivity index (χ4v) is 5.55. The van der Waals surface area contributed by atoms with Crippen molar-refractivity contribution in [2.75, 3.05) is 38.6 Å². The Kier molecular flexibility index (Phi) is 8.97. The number of halogens is 3. The molecule has 3 N–H and O–H groups in total. The summed E-state index contributed by atoms with van der Waals surface area (Å²) in [5, 5.41) is 24.6. The molecule has 10 heteroatoms. The molecule has 3 aromatic rings. The van der Waals surface area contributed by atoms with Crippen molar-refractivity contribution >= 4 is 22.6 Å². The number of aliphatic carboxylic acids is 1. The maximum atomic E-state index is 13.4. The van der Waals surface area contributed by atoms with Crippen LogP contribution in [-0.4, -0.2) is 59.4 Å². The van der Waals surface area contributed by atoms with Crippen molar-refractivity contribution in [3.05, 3.63) is 65.1 Å². The number of anilines is 1. The fourth-order valence-electron chi connectivity index (χ4n) is 5.55. The molecule has 1 atom stereocenters. The minimum absolute atomic E-state index is 0.0177. The van der Waals surface area contributed by atoms with Gasteiger partial charge in [-0.1, -0.05) is 0 Å². The van der Waals surface area contributed by atoms with Crippen molar-refractivity contribution in [2.24, 2.45) is 5.41 Å². The van der Waals surface area contributed by atoms with Gasteiger partial charge in [0.15, 0.2) is 17.5 Å². The number of carboxylic acids is 1. The van der Waals surface area contributed by atoms with Gasteiger partial charge in [-0.3, -0.25) is 9.78 Å². The molecular formula is C29H34F3N3O4. The molecule has 39 heavy (non-hydrogen) atoms. The third-order valence-corrected chi connectivity index (χ3v) is 7.78. The minimum atomic E-state index is -1.50. The van der Waals surface area contributed by atoms with E-state index in [1.807, 2.05) is 25.1 Å².